The number of halogens is 1. The van der Waals surface area contributed by atoms with Crippen LogP contribution in [0.1, 0.15) is 37.9 Å². The van der Waals surface area contributed by atoms with Crippen molar-refractivity contribution in [3.63, 3.8) is 0 Å². The maximum Gasteiger partial charge on any atom is 0.231 e. The first-order chi connectivity index (χ1) is 10.1. The lowest BCUT2D eigenvalue weighted by Gasteiger charge is -2.11. The molecule has 1 aromatic carbocycles. The second-order valence-electron chi connectivity index (χ2n) is 5.35. The Kier molecular flexibility index (Phi) is 6.26. The Morgan fingerprint density at radius 2 is 2.00 bits per heavy atom. The summed E-state index contributed by atoms with van der Waals surface area (Å²) in [5, 5.41) is 4.05. The first kappa shape index (κ1) is 16.5. The fourth-order valence-corrected chi connectivity index (χ4v) is 3.04. The zero-order chi connectivity index (χ0) is 15.2. The highest BCUT2D eigenvalue weighted by molar-refractivity contribution is 9.10. The second-order valence-corrected chi connectivity index (χ2v) is 7.32. The van der Waals surface area contributed by atoms with Crippen LogP contribution in [-0.4, -0.2) is 16.7 Å². The van der Waals surface area contributed by atoms with Crippen LogP contribution in [0.5, 0.6) is 0 Å². The van der Waals surface area contributed by atoms with Crippen LogP contribution in [0.4, 0.5) is 0 Å². The Balaban J connectivity index is 1.94. The van der Waals surface area contributed by atoms with Crippen molar-refractivity contribution in [2.45, 2.75) is 36.8 Å². The fourth-order valence-electron chi connectivity index (χ4n) is 2.04. The van der Waals surface area contributed by atoms with Crippen molar-refractivity contribution in [2.24, 2.45) is 11.7 Å². The number of aromatic nitrogens is 2. The first-order valence-corrected chi connectivity index (χ1v) is 8.77. The first-order valence-electron chi connectivity index (χ1n) is 6.99. The van der Waals surface area contributed by atoms with Crippen molar-refractivity contribution in [1.29, 1.82) is 0 Å². The van der Waals surface area contributed by atoms with Crippen LogP contribution in [0.25, 0.3) is 0 Å². The van der Waals surface area contributed by atoms with Crippen LogP contribution in [0.3, 0.4) is 0 Å². The van der Waals surface area contributed by atoms with Crippen molar-refractivity contribution in [3.05, 3.63) is 40.5 Å². The summed E-state index contributed by atoms with van der Waals surface area (Å²) in [4.78, 5) is 5.66. The van der Waals surface area contributed by atoms with Gasteiger partial charge in [0.05, 0.1) is 11.7 Å². The third-order valence-electron chi connectivity index (χ3n) is 3.06. The monoisotopic (exact) mass is 369 g/mol. The number of benzene rings is 1. The van der Waals surface area contributed by atoms with Gasteiger partial charge >= 0.3 is 0 Å². The van der Waals surface area contributed by atoms with Crippen molar-refractivity contribution >= 4 is 27.7 Å². The van der Waals surface area contributed by atoms with E-state index in [1.165, 1.54) is 4.90 Å². The lowest BCUT2D eigenvalue weighted by molar-refractivity contribution is 0.332. The molecular formula is C15H20BrN3OS. The summed E-state index contributed by atoms with van der Waals surface area (Å²) < 4.78 is 6.44. The van der Waals surface area contributed by atoms with Gasteiger partial charge in [-0.05, 0) is 36.6 Å². The molecule has 2 N–H and O–H groups in total. The van der Waals surface area contributed by atoms with E-state index in [2.05, 4.69) is 52.1 Å². The van der Waals surface area contributed by atoms with Crippen LogP contribution in [0.2, 0.25) is 0 Å². The molecule has 2 rings (SSSR count). The lowest BCUT2D eigenvalue weighted by atomic mass is 9.97. The molecule has 0 saturated carbocycles. The van der Waals surface area contributed by atoms with E-state index in [1.54, 1.807) is 11.8 Å². The summed E-state index contributed by atoms with van der Waals surface area (Å²) in [6.45, 7) is 4.88. The third-order valence-corrected chi connectivity index (χ3v) is 4.59. The molecule has 1 heterocycles. The fraction of sp³-hybridized carbons (Fsp3) is 0.467. The van der Waals surface area contributed by atoms with E-state index < -0.39 is 0 Å². The Morgan fingerprint density at radius 3 is 2.62 bits per heavy atom. The maximum atomic E-state index is 5.80. The van der Waals surface area contributed by atoms with Crippen LogP contribution in [0, 0.1) is 5.92 Å². The van der Waals surface area contributed by atoms with E-state index in [-0.39, 0.29) is 5.92 Å². The molecular weight excluding hydrogens is 350 g/mol. The molecule has 1 aromatic heterocycles. The smallest absolute Gasteiger partial charge is 0.231 e. The topological polar surface area (TPSA) is 64.9 Å². The lowest BCUT2D eigenvalue weighted by Crippen LogP contribution is -2.15. The molecule has 6 heteroatoms. The van der Waals surface area contributed by atoms with Crippen LogP contribution in [0.15, 0.2) is 38.2 Å². The van der Waals surface area contributed by atoms with E-state index in [0.29, 0.717) is 24.1 Å². The molecule has 114 valence electrons. The number of hydrogen-bond acceptors (Lipinski definition) is 5. The summed E-state index contributed by atoms with van der Waals surface area (Å²) in [7, 11) is 0. The highest BCUT2D eigenvalue weighted by Crippen LogP contribution is 2.25. The minimum Gasteiger partial charge on any atom is -0.339 e. The van der Waals surface area contributed by atoms with Gasteiger partial charge in [-0.3, -0.25) is 0 Å². The van der Waals surface area contributed by atoms with Gasteiger partial charge in [-0.25, -0.2) is 0 Å². The van der Waals surface area contributed by atoms with Gasteiger partial charge in [0.2, 0.25) is 5.89 Å². The summed E-state index contributed by atoms with van der Waals surface area (Å²) in [5.74, 6) is 2.80. The van der Waals surface area contributed by atoms with Crippen LogP contribution < -0.4 is 5.73 Å². The molecule has 2 aromatic rings. The molecule has 4 nitrogen and oxygen atoms in total. The van der Waals surface area contributed by atoms with Crippen LogP contribution in [-0.2, 0) is 5.75 Å². The molecule has 0 bridgehead atoms. The Morgan fingerprint density at radius 1 is 1.29 bits per heavy atom. The Bertz CT molecular complexity index is 556. The predicted molar refractivity (Wildman–Crippen MR) is 89.3 cm³/mol. The van der Waals surface area contributed by atoms with Gasteiger partial charge in [-0.1, -0.05) is 34.9 Å². The van der Waals surface area contributed by atoms with E-state index in [1.807, 2.05) is 12.1 Å². The molecule has 0 aliphatic heterocycles. The van der Waals surface area contributed by atoms with Gasteiger partial charge in [-0.15, -0.1) is 11.8 Å². The molecule has 1 atom stereocenters. The number of nitrogens with zero attached hydrogens (tertiary/aromatic N) is 2. The zero-order valence-electron chi connectivity index (χ0n) is 12.3. The highest BCUT2D eigenvalue weighted by Gasteiger charge is 2.18. The number of thioether (sulfide) groups is 1. The van der Waals surface area contributed by atoms with Gasteiger partial charge < -0.3 is 10.3 Å². The highest BCUT2D eigenvalue weighted by atomic mass is 79.9. The Hall–Kier alpha value is -0.850. The largest absolute Gasteiger partial charge is 0.339 e. The minimum absolute atomic E-state index is 0.156. The summed E-state index contributed by atoms with van der Waals surface area (Å²) in [6, 6.07) is 8.18. The molecule has 0 fully saturated rings. The molecule has 0 saturated heterocycles. The molecule has 1 unspecified atom stereocenters. The maximum absolute atomic E-state index is 5.80. The molecule has 0 aliphatic rings. The van der Waals surface area contributed by atoms with Crippen LogP contribution >= 0.6 is 27.7 Å². The average molecular weight is 370 g/mol. The standard InChI is InChI=1S/C15H20BrN3OS/c1-10(2)7-11(8-17)15-18-14(19-20-15)9-21-13-5-3-12(16)4-6-13/h3-6,10-11H,7-9,17H2,1-2H3. The van der Waals surface area contributed by atoms with E-state index in [4.69, 9.17) is 10.3 Å². The second kappa shape index (κ2) is 7.96. The molecule has 0 aliphatic carbocycles. The normalized spacial score (nSPS) is 12.8. The van der Waals surface area contributed by atoms with E-state index in [9.17, 15) is 0 Å². The van der Waals surface area contributed by atoms with E-state index in [0.717, 1.165) is 16.7 Å². The third kappa shape index (κ3) is 5.13. The van der Waals surface area contributed by atoms with Gasteiger partial charge in [0.25, 0.3) is 0 Å². The molecule has 0 spiro atoms. The minimum atomic E-state index is 0.156. The van der Waals surface area contributed by atoms with Crippen molar-refractivity contribution in [3.8, 4) is 0 Å². The summed E-state index contributed by atoms with van der Waals surface area (Å²) in [6.07, 6.45) is 0.970. The average Bonchev–Trinajstić information content (AvgIpc) is 2.92. The quantitative estimate of drug-likeness (QED) is 0.740. The van der Waals surface area contributed by atoms with Gasteiger partial charge in [0, 0.05) is 15.9 Å². The van der Waals surface area contributed by atoms with E-state index >= 15 is 0 Å². The van der Waals surface area contributed by atoms with Gasteiger partial charge in [-0.2, -0.15) is 4.98 Å². The Labute approximate surface area is 138 Å². The SMILES string of the molecule is CC(C)CC(CN)c1nc(CSc2ccc(Br)cc2)no1. The molecule has 0 amide bonds. The molecule has 0 radical (unpaired) electrons. The van der Waals surface area contributed by atoms with Crippen molar-refractivity contribution in [2.75, 3.05) is 6.54 Å². The van der Waals surface area contributed by atoms with Crippen molar-refractivity contribution in [1.82, 2.24) is 10.1 Å². The zero-order valence-corrected chi connectivity index (χ0v) is 14.7. The van der Waals surface area contributed by atoms with Gasteiger partial charge in [0.15, 0.2) is 5.82 Å². The number of rotatable bonds is 7. The summed E-state index contributed by atoms with van der Waals surface area (Å²) >= 11 is 5.12. The van der Waals surface area contributed by atoms with Gasteiger partial charge in [0.1, 0.15) is 0 Å². The predicted octanol–water partition coefficient (Wildman–Crippen LogP) is 4.21. The number of hydrogen-bond donors (Lipinski definition) is 1. The molecule has 21 heavy (non-hydrogen) atoms. The van der Waals surface area contributed by atoms with Crippen molar-refractivity contribution < 1.29 is 4.52 Å². The summed E-state index contributed by atoms with van der Waals surface area (Å²) in [5.41, 5.74) is 5.80. The number of nitrogens with two attached hydrogens (primary N) is 1.